The van der Waals surface area contributed by atoms with Gasteiger partial charge in [0, 0.05) is 19.8 Å². The van der Waals surface area contributed by atoms with E-state index in [2.05, 4.69) is 34.2 Å². The Kier molecular flexibility index (Phi) is 3.52. The summed E-state index contributed by atoms with van der Waals surface area (Å²) in [5.74, 6) is 0.974. The summed E-state index contributed by atoms with van der Waals surface area (Å²) in [6.07, 6.45) is 1.74. The van der Waals surface area contributed by atoms with Crippen LogP contribution in [0.3, 0.4) is 0 Å². The van der Waals surface area contributed by atoms with Crippen LogP contribution in [-0.4, -0.2) is 7.05 Å². The van der Waals surface area contributed by atoms with Crippen molar-refractivity contribution in [2.45, 2.75) is 19.9 Å². The maximum Gasteiger partial charge on any atom is 0.105 e. The van der Waals surface area contributed by atoms with Crippen LogP contribution < -0.4 is 5.32 Å². The first kappa shape index (κ1) is 11.9. The van der Waals surface area contributed by atoms with Gasteiger partial charge >= 0.3 is 0 Å². The third kappa shape index (κ3) is 2.10. The Morgan fingerprint density at radius 1 is 1.44 bits per heavy atom. The average molecular weight is 300 g/mol. The van der Waals surface area contributed by atoms with E-state index in [4.69, 9.17) is 4.42 Å². The molecule has 0 saturated heterocycles. The maximum atomic E-state index is 5.36. The van der Waals surface area contributed by atoms with Gasteiger partial charge in [-0.2, -0.15) is 0 Å². The lowest BCUT2D eigenvalue weighted by atomic mass is 10.1. The highest BCUT2D eigenvalue weighted by Gasteiger charge is 2.18. The molecule has 0 saturated carbocycles. The van der Waals surface area contributed by atoms with Gasteiger partial charge in [-0.1, -0.05) is 0 Å². The zero-order valence-corrected chi connectivity index (χ0v) is 11.9. The minimum atomic E-state index is 0.216. The number of hydrogen-bond donors (Lipinski definition) is 1. The van der Waals surface area contributed by atoms with E-state index in [1.165, 1.54) is 19.8 Å². The van der Waals surface area contributed by atoms with Gasteiger partial charge in [0.15, 0.2) is 0 Å². The maximum absolute atomic E-state index is 5.36. The average Bonchev–Trinajstić information content (AvgIpc) is 2.78. The van der Waals surface area contributed by atoms with Crippen molar-refractivity contribution in [3.05, 3.63) is 43.9 Å². The van der Waals surface area contributed by atoms with E-state index < -0.39 is 0 Å². The van der Waals surface area contributed by atoms with Crippen LogP contribution in [0.5, 0.6) is 0 Å². The van der Waals surface area contributed by atoms with Crippen LogP contribution in [0.25, 0.3) is 0 Å². The fraction of sp³-hybridized carbons (Fsp3) is 0.333. The van der Waals surface area contributed by atoms with Crippen molar-refractivity contribution in [1.29, 1.82) is 0 Å². The fourth-order valence-corrected chi connectivity index (χ4v) is 3.46. The number of halogens is 1. The van der Waals surface area contributed by atoms with Gasteiger partial charge in [0.25, 0.3) is 0 Å². The summed E-state index contributed by atoms with van der Waals surface area (Å²) in [6, 6.07) is 4.42. The molecular weight excluding hydrogens is 286 g/mol. The molecule has 16 heavy (non-hydrogen) atoms. The summed E-state index contributed by atoms with van der Waals surface area (Å²) in [5, 5.41) is 3.33. The Morgan fingerprint density at radius 3 is 2.62 bits per heavy atom. The molecule has 0 aliphatic carbocycles. The minimum Gasteiger partial charge on any atom is -0.469 e. The van der Waals surface area contributed by atoms with Gasteiger partial charge in [-0.15, -0.1) is 11.3 Å². The first-order valence-corrected chi connectivity index (χ1v) is 6.71. The number of furan rings is 1. The molecule has 0 amide bonds. The molecule has 0 aromatic carbocycles. The molecule has 0 radical (unpaired) electrons. The van der Waals surface area contributed by atoms with E-state index in [-0.39, 0.29) is 6.04 Å². The molecule has 0 bridgehead atoms. The topological polar surface area (TPSA) is 25.2 Å². The molecule has 2 heterocycles. The van der Waals surface area contributed by atoms with E-state index >= 15 is 0 Å². The van der Waals surface area contributed by atoms with Crippen molar-refractivity contribution in [2.24, 2.45) is 0 Å². The summed E-state index contributed by atoms with van der Waals surface area (Å²) < 4.78 is 6.53. The minimum absolute atomic E-state index is 0.216. The predicted octanol–water partition coefficient (Wildman–Crippen LogP) is 4.03. The highest BCUT2D eigenvalue weighted by atomic mass is 79.9. The number of aryl methyl sites for hydroxylation is 2. The van der Waals surface area contributed by atoms with Crippen LogP contribution in [0.15, 0.2) is 27.3 Å². The van der Waals surface area contributed by atoms with Crippen LogP contribution in [0.1, 0.15) is 27.1 Å². The van der Waals surface area contributed by atoms with Crippen molar-refractivity contribution in [2.75, 3.05) is 7.05 Å². The fourth-order valence-electron chi connectivity index (χ4n) is 1.77. The molecule has 0 fully saturated rings. The molecule has 0 aliphatic rings. The summed E-state index contributed by atoms with van der Waals surface area (Å²) >= 11 is 5.36. The lowest BCUT2D eigenvalue weighted by Crippen LogP contribution is -2.16. The van der Waals surface area contributed by atoms with E-state index in [0.29, 0.717) is 0 Å². The van der Waals surface area contributed by atoms with Crippen molar-refractivity contribution in [3.63, 3.8) is 0 Å². The van der Waals surface area contributed by atoms with Crippen molar-refractivity contribution < 1.29 is 4.42 Å². The lowest BCUT2D eigenvalue weighted by molar-refractivity contribution is 0.524. The van der Waals surface area contributed by atoms with E-state index in [1.807, 2.05) is 20.0 Å². The highest BCUT2D eigenvalue weighted by Crippen LogP contribution is 2.34. The van der Waals surface area contributed by atoms with Gasteiger partial charge in [-0.3, -0.25) is 0 Å². The zero-order chi connectivity index (χ0) is 11.7. The van der Waals surface area contributed by atoms with E-state index in [0.717, 1.165) is 5.76 Å². The Balaban J connectivity index is 2.40. The predicted molar refractivity (Wildman–Crippen MR) is 71.1 cm³/mol. The SMILES string of the molecule is CNC(c1cc(Br)c(C)s1)c1ccoc1C. The van der Waals surface area contributed by atoms with Gasteiger partial charge < -0.3 is 9.73 Å². The van der Waals surface area contributed by atoms with Crippen LogP contribution >= 0.6 is 27.3 Å². The molecule has 1 atom stereocenters. The molecule has 4 heteroatoms. The summed E-state index contributed by atoms with van der Waals surface area (Å²) in [6.45, 7) is 4.11. The molecule has 2 aromatic rings. The first-order chi connectivity index (χ1) is 7.63. The second-order valence-electron chi connectivity index (χ2n) is 3.71. The Bertz CT molecular complexity index is 469. The highest BCUT2D eigenvalue weighted by molar-refractivity contribution is 9.10. The van der Waals surface area contributed by atoms with Gasteiger partial charge in [-0.25, -0.2) is 0 Å². The standard InChI is InChI=1S/C12H14BrNOS/c1-7-9(4-5-15-7)12(14-3)11-6-10(13)8(2)16-11/h4-6,12,14H,1-3H3. The molecule has 0 aliphatic heterocycles. The Labute approximate surface area is 108 Å². The third-order valence-corrected chi connectivity index (χ3v) is 4.86. The number of thiophene rings is 1. The van der Waals surface area contributed by atoms with E-state index in [1.54, 1.807) is 17.6 Å². The van der Waals surface area contributed by atoms with Crippen LogP contribution in [-0.2, 0) is 0 Å². The van der Waals surface area contributed by atoms with E-state index in [9.17, 15) is 0 Å². The summed E-state index contributed by atoms with van der Waals surface area (Å²) in [5.41, 5.74) is 1.20. The van der Waals surface area contributed by atoms with Gasteiger partial charge in [-0.05, 0) is 49.0 Å². The molecular formula is C12H14BrNOS. The second kappa shape index (κ2) is 4.73. The molecule has 86 valence electrons. The van der Waals surface area contributed by atoms with Gasteiger partial charge in [0.05, 0.1) is 12.3 Å². The monoisotopic (exact) mass is 299 g/mol. The zero-order valence-electron chi connectivity index (χ0n) is 9.50. The number of nitrogens with one attached hydrogen (secondary N) is 1. The molecule has 2 aromatic heterocycles. The van der Waals surface area contributed by atoms with Crippen LogP contribution in [0.2, 0.25) is 0 Å². The first-order valence-electron chi connectivity index (χ1n) is 5.10. The molecule has 0 spiro atoms. The van der Waals surface area contributed by atoms with Crippen LogP contribution in [0, 0.1) is 13.8 Å². The molecule has 2 rings (SSSR count). The van der Waals surface area contributed by atoms with Crippen LogP contribution in [0.4, 0.5) is 0 Å². The number of rotatable bonds is 3. The Morgan fingerprint density at radius 2 is 2.19 bits per heavy atom. The quantitative estimate of drug-likeness (QED) is 0.926. The molecule has 2 nitrogen and oxygen atoms in total. The summed E-state index contributed by atoms with van der Waals surface area (Å²) in [4.78, 5) is 2.60. The summed E-state index contributed by atoms with van der Waals surface area (Å²) in [7, 11) is 1.97. The normalized spacial score (nSPS) is 13.0. The molecule has 1 unspecified atom stereocenters. The second-order valence-corrected chi connectivity index (χ2v) is 5.85. The van der Waals surface area contributed by atoms with Gasteiger partial charge in [0.2, 0.25) is 0 Å². The van der Waals surface area contributed by atoms with Crippen molar-refractivity contribution >= 4 is 27.3 Å². The van der Waals surface area contributed by atoms with Crippen molar-refractivity contribution in [1.82, 2.24) is 5.32 Å². The van der Waals surface area contributed by atoms with Gasteiger partial charge in [0.1, 0.15) is 5.76 Å². The van der Waals surface area contributed by atoms with Crippen molar-refractivity contribution in [3.8, 4) is 0 Å². The number of hydrogen-bond acceptors (Lipinski definition) is 3. The lowest BCUT2D eigenvalue weighted by Gasteiger charge is -2.13. The Hall–Kier alpha value is -0.580. The third-order valence-electron chi connectivity index (χ3n) is 2.66. The largest absolute Gasteiger partial charge is 0.469 e. The smallest absolute Gasteiger partial charge is 0.105 e. The molecule has 1 N–H and O–H groups in total.